The monoisotopic (exact) mass is 266 g/mol. The average molecular weight is 266 g/mol. The van der Waals surface area contributed by atoms with Gasteiger partial charge in [0.2, 0.25) is 6.41 Å². The fraction of sp³-hybridized carbons (Fsp3) is 0.294. The number of pyridine rings is 1. The van der Waals surface area contributed by atoms with Crippen molar-refractivity contribution in [3.05, 3.63) is 65.5 Å². The number of benzene rings is 1. The van der Waals surface area contributed by atoms with E-state index in [9.17, 15) is 4.79 Å². The molecule has 3 heteroatoms. The molecule has 2 aromatic rings. The molecule has 0 aliphatic carbocycles. The molecule has 1 unspecified atom stereocenters. The summed E-state index contributed by atoms with van der Waals surface area (Å²) >= 11 is 0. The van der Waals surface area contributed by atoms with Gasteiger partial charge >= 0.3 is 0 Å². The average Bonchev–Trinajstić information content (AvgIpc) is 2.53. The summed E-state index contributed by atoms with van der Waals surface area (Å²) in [5, 5.41) is 0. The number of amides is 1. The summed E-state index contributed by atoms with van der Waals surface area (Å²) < 4.78 is 0. The number of hydrogen-bond donors (Lipinski definition) is 0. The fourth-order valence-corrected chi connectivity index (χ4v) is 2.97. The second-order valence-electron chi connectivity index (χ2n) is 5.21. The first-order valence-corrected chi connectivity index (χ1v) is 7.06. The van der Waals surface area contributed by atoms with Crippen LogP contribution in [-0.2, 0) is 17.6 Å². The van der Waals surface area contributed by atoms with Gasteiger partial charge in [-0.05, 0) is 42.0 Å². The highest BCUT2D eigenvalue weighted by molar-refractivity contribution is 5.51. The maximum atomic E-state index is 11.3. The number of aromatic nitrogens is 1. The van der Waals surface area contributed by atoms with E-state index in [4.69, 9.17) is 0 Å². The molecule has 0 saturated carbocycles. The van der Waals surface area contributed by atoms with Crippen LogP contribution in [0.25, 0.3) is 0 Å². The van der Waals surface area contributed by atoms with Crippen molar-refractivity contribution < 1.29 is 4.79 Å². The van der Waals surface area contributed by atoms with Gasteiger partial charge in [0, 0.05) is 18.9 Å². The minimum Gasteiger partial charge on any atom is -0.338 e. The molecule has 2 heterocycles. The third-order valence-corrected chi connectivity index (χ3v) is 4.02. The largest absolute Gasteiger partial charge is 0.338 e. The first kappa shape index (κ1) is 12.9. The zero-order valence-electron chi connectivity index (χ0n) is 11.4. The summed E-state index contributed by atoms with van der Waals surface area (Å²) in [7, 11) is 0. The van der Waals surface area contributed by atoms with Crippen molar-refractivity contribution in [3.8, 4) is 0 Å². The summed E-state index contributed by atoms with van der Waals surface area (Å²) in [4.78, 5) is 17.4. The van der Waals surface area contributed by atoms with Crippen LogP contribution in [0, 0.1) is 0 Å². The van der Waals surface area contributed by atoms with Gasteiger partial charge in [0.25, 0.3) is 0 Å². The minimum absolute atomic E-state index is 0.192. The Morgan fingerprint density at radius 2 is 2.15 bits per heavy atom. The third-order valence-electron chi connectivity index (χ3n) is 4.02. The minimum atomic E-state index is 0.192. The highest BCUT2D eigenvalue weighted by Crippen LogP contribution is 2.31. The van der Waals surface area contributed by atoms with Gasteiger partial charge in [0.15, 0.2) is 0 Å². The predicted octanol–water partition coefficient (Wildman–Crippen LogP) is 2.77. The van der Waals surface area contributed by atoms with Crippen molar-refractivity contribution in [2.45, 2.75) is 25.3 Å². The Morgan fingerprint density at radius 1 is 1.25 bits per heavy atom. The number of fused-ring (bicyclic) bond motifs is 1. The van der Waals surface area contributed by atoms with E-state index in [2.05, 4.69) is 35.3 Å². The molecule has 1 atom stereocenters. The number of rotatable bonds is 4. The maximum absolute atomic E-state index is 11.3. The summed E-state index contributed by atoms with van der Waals surface area (Å²) in [6.45, 7) is 0.818. The van der Waals surface area contributed by atoms with E-state index >= 15 is 0 Å². The molecule has 20 heavy (non-hydrogen) atoms. The van der Waals surface area contributed by atoms with Crippen LogP contribution in [0.3, 0.4) is 0 Å². The Kier molecular flexibility index (Phi) is 3.77. The second kappa shape index (κ2) is 5.87. The van der Waals surface area contributed by atoms with Crippen molar-refractivity contribution in [1.29, 1.82) is 0 Å². The van der Waals surface area contributed by atoms with Crippen molar-refractivity contribution in [2.24, 2.45) is 0 Å². The SMILES string of the molecule is O=CN1CCc2ccccc2C1CCc1cccnc1. The molecule has 1 aliphatic rings. The number of nitrogens with zero attached hydrogens (tertiary/aromatic N) is 2. The molecule has 0 N–H and O–H groups in total. The molecule has 0 bridgehead atoms. The summed E-state index contributed by atoms with van der Waals surface area (Å²) in [5.41, 5.74) is 3.90. The lowest BCUT2D eigenvalue weighted by molar-refractivity contribution is -0.120. The Hall–Kier alpha value is -2.16. The Morgan fingerprint density at radius 3 is 2.95 bits per heavy atom. The highest BCUT2D eigenvalue weighted by Gasteiger charge is 2.25. The molecule has 0 saturated heterocycles. The molecular formula is C17H18N2O. The normalized spacial score (nSPS) is 17.6. The summed E-state index contributed by atoms with van der Waals surface area (Å²) in [5.74, 6) is 0. The number of carbonyl (C=O) groups is 1. The number of carbonyl (C=O) groups excluding carboxylic acids is 1. The predicted molar refractivity (Wildman–Crippen MR) is 78.2 cm³/mol. The van der Waals surface area contributed by atoms with E-state index in [-0.39, 0.29) is 6.04 Å². The van der Waals surface area contributed by atoms with E-state index in [1.54, 1.807) is 6.20 Å². The molecular weight excluding hydrogens is 248 g/mol. The molecule has 1 aromatic heterocycles. The zero-order valence-corrected chi connectivity index (χ0v) is 11.4. The molecule has 0 radical (unpaired) electrons. The standard InChI is InChI=1S/C17H18N2O/c20-13-19-11-9-15-5-1-2-6-16(15)17(19)8-7-14-4-3-10-18-12-14/h1-6,10,12-13,17H,7-9,11H2. The second-order valence-corrected chi connectivity index (χ2v) is 5.21. The Balaban J connectivity index is 1.80. The van der Waals surface area contributed by atoms with E-state index in [0.717, 1.165) is 32.2 Å². The van der Waals surface area contributed by atoms with Crippen LogP contribution < -0.4 is 0 Å². The van der Waals surface area contributed by atoms with Gasteiger partial charge in [-0.1, -0.05) is 30.3 Å². The van der Waals surface area contributed by atoms with Crippen molar-refractivity contribution in [2.75, 3.05) is 6.54 Å². The van der Waals surface area contributed by atoms with E-state index in [1.165, 1.54) is 16.7 Å². The van der Waals surface area contributed by atoms with E-state index in [0.29, 0.717) is 0 Å². The van der Waals surface area contributed by atoms with Gasteiger partial charge in [-0.2, -0.15) is 0 Å². The Bertz CT molecular complexity index is 583. The first-order valence-electron chi connectivity index (χ1n) is 7.06. The van der Waals surface area contributed by atoms with E-state index in [1.807, 2.05) is 17.2 Å². The first-order chi connectivity index (χ1) is 9.88. The molecule has 1 amide bonds. The van der Waals surface area contributed by atoms with Crippen LogP contribution in [0.5, 0.6) is 0 Å². The third kappa shape index (κ3) is 2.57. The quantitative estimate of drug-likeness (QED) is 0.797. The topological polar surface area (TPSA) is 33.2 Å². The maximum Gasteiger partial charge on any atom is 0.210 e. The van der Waals surface area contributed by atoms with Gasteiger partial charge in [-0.3, -0.25) is 9.78 Å². The van der Waals surface area contributed by atoms with Crippen LogP contribution in [0.1, 0.15) is 29.2 Å². The number of aryl methyl sites for hydroxylation is 1. The van der Waals surface area contributed by atoms with Crippen molar-refractivity contribution in [3.63, 3.8) is 0 Å². The van der Waals surface area contributed by atoms with Crippen molar-refractivity contribution in [1.82, 2.24) is 9.88 Å². The molecule has 1 aromatic carbocycles. The highest BCUT2D eigenvalue weighted by atomic mass is 16.1. The lowest BCUT2D eigenvalue weighted by Crippen LogP contribution is -2.34. The molecule has 102 valence electrons. The summed E-state index contributed by atoms with van der Waals surface area (Å²) in [6, 6.07) is 12.7. The van der Waals surface area contributed by atoms with Crippen LogP contribution in [0.15, 0.2) is 48.8 Å². The van der Waals surface area contributed by atoms with Crippen LogP contribution >= 0.6 is 0 Å². The fourth-order valence-electron chi connectivity index (χ4n) is 2.97. The zero-order chi connectivity index (χ0) is 13.8. The molecule has 3 nitrogen and oxygen atoms in total. The number of hydrogen-bond acceptors (Lipinski definition) is 2. The summed E-state index contributed by atoms with van der Waals surface area (Å²) in [6.07, 6.45) is 7.53. The van der Waals surface area contributed by atoms with Gasteiger partial charge in [-0.15, -0.1) is 0 Å². The van der Waals surface area contributed by atoms with Gasteiger partial charge in [-0.25, -0.2) is 0 Å². The Labute approximate surface area is 119 Å². The van der Waals surface area contributed by atoms with Gasteiger partial charge in [0.05, 0.1) is 6.04 Å². The van der Waals surface area contributed by atoms with Gasteiger partial charge in [0.1, 0.15) is 0 Å². The van der Waals surface area contributed by atoms with Crippen LogP contribution in [-0.4, -0.2) is 22.8 Å². The molecule has 0 spiro atoms. The van der Waals surface area contributed by atoms with Crippen LogP contribution in [0.4, 0.5) is 0 Å². The lowest BCUT2D eigenvalue weighted by atomic mass is 9.89. The molecule has 1 aliphatic heterocycles. The lowest BCUT2D eigenvalue weighted by Gasteiger charge is -2.34. The van der Waals surface area contributed by atoms with E-state index < -0.39 is 0 Å². The smallest absolute Gasteiger partial charge is 0.210 e. The molecule has 3 rings (SSSR count). The van der Waals surface area contributed by atoms with Crippen LogP contribution in [0.2, 0.25) is 0 Å². The molecule has 0 fully saturated rings. The van der Waals surface area contributed by atoms with Crippen molar-refractivity contribution >= 4 is 6.41 Å². The van der Waals surface area contributed by atoms with Gasteiger partial charge < -0.3 is 4.90 Å².